The molecule has 0 bridgehead atoms. The van der Waals surface area contributed by atoms with E-state index in [0.717, 1.165) is 16.3 Å². The molecular weight excluding hydrogens is 793 g/mol. The highest BCUT2D eigenvalue weighted by molar-refractivity contribution is 7.80. The lowest BCUT2D eigenvalue weighted by molar-refractivity contribution is -0.0154. The van der Waals surface area contributed by atoms with Crippen LogP contribution in [0, 0.1) is 0 Å². The van der Waals surface area contributed by atoms with Gasteiger partial charge in [-0.2, -0.15) is 0 Å². The molecule has 0 N–H and O–H groups in total. The molecule has 60 heavy (non-hydrogen) atoms. The van der Waals surface area contributed by atoms with Gasteiger partial charge in [-0.3, -0.25) is 4.57 Å². The molecule has 6 nitrogen and oxygen atoms in total. The van der Waals surface area contributed by atoms with Crippen molar-refractivity contribution in [3.63, 3.8) is 0 Å². The third-order valence-electron chi connectivity index (χ3n) is 12.0. The monoisotopic (exact) mass is 846 g/mol. The van der Waals surface area contributed by atoms with Gasteiger partial charge in [0.25, 0.3) is 21.8 Å². The highest BCUT2D eigenvalue weighted by atomic mass is 32.1. The number of thiocarbonyl (C=S) groups is 1. The van der Waals surface area contributed by atoms with E-state index in [4.69, 9.17) is 30.5 Å². The van der Waals surface area contributed by atoms with Crippen molar-refractivity contribution in [1.29, 1.82) is 0 Å². The van der Waals surface area contributed by atoms with Crippen molar-refractivity contribution in [2.45, 2.75) is 76.0 Å². The van der Waals surface area contributed by atoms with Gasteiger partial charge in [0.05, 0.1) is 6.61 Å². The summed E-state index contributed by atoms with van der Waals surface area (Å²) in [5.74, 6) is 0. The van der Waals surface area contributed by atoms with Crippen LogP contribution >= 0.6 is 12.2 Å². The van der Waals surface area contributed by atoms with Gasteiger partial charge in [0, 0.05) is 12.4 Å². The Hall–Kier alpha value is -5.01. The standard InChI is InChI=1S/C51H54N2O4SSi2/c1-50(2,3)59(39-24-11-7-12-25-39,40-26-13-8-14-27-40)54-36-45-47(57-60(51(4,5)6,41-28-15-9-16-29-41)42-30-17-10-18-31-42)48(56-49(58)53-35-34-52-37-53)46(55-45)44-33-21-23-38-22-19-20-32-43(38)44/h7-35,37,45-48H,36H2,1-6H3/t45-,46+,47-,48-/m1/s1. The lowest BCUT2D eigenvalue weighted by Crippen LogP contribution is -2.70. The zero-order chi connectivity index (χ0) is 42.0. The number of benzene rings is 6. The Kier molecular flexibility index (Phi) is 11.9. The van der Waals surface area contributed by atoms with Crippen molar-refractivity contribution in [1.82, 2.24) is 9.55 Å². The number of hydrogen-bond acceptors (Lipinski definition) is 6. The maximum absolute atomic E-state index is 8.15. The Morgan fingerprint density at radius 2 is 1.10 bits per heavy atom. The Labute approximate surface area is 362 Å². The van der Waals surface area contributed by atoms with Gasteiger partial charge < -0.3 is 18.3 Å². The van der Waals surface area contributed by atoms with Gasteiger partial charge in [-0.1, -0.05) is 205 Å². The van der Waals surface area contributed by atoms with Crippen LogP contribution in [0.5, 0.6) is 0 Å². The predicted octanol–water partition coefficient (Wildman–Crippen LogP) is 9.22. The first-order valence-electron chi connectivity index (χ1n) is 20.8. The highest BCUT2D eigenvalue weighted by Crippen LogP contribution is 2.46. The zero-order valence-electron chi connectivity index (χ0n) is 35.3. The van der Waals surface area contributed by atoms with E-state index < -0.39 is 41.1 Å². The van der Waals surface area contributed by atoms with Crippen molar-refractivity contribution in [3.05, 3.63) is 188 Å². The van der Waals surface area contributed by atoms with Crippen molar-refractivity contribution in [3.8, 4) is 0 Å². The van der Waals surface area contributed by atoms with Crippen LogP contribution in [-0.2, 0) is 18.3 Å². The molecule has 9 heteroatoms. The molecule has 0 spiro atoms. The van der Waals surface area contributed by atoms with Crippen molar-refractivity contribution in [2.24, 2.45) is 0 Å². The van der Waals surface area contributed by atoms with Crippen LogP contribution < -0.4 is 20.7 Å². The van der Waals surface area contributed by atoms with E-state index in [1.54, 1.807) is 17.1 Å². The minimum absolute atomic E-state index is 0.253. The number of nitrogens with zero attached hydrogens (tertiary/aromatic N) is 2. The first-order chi connectivity index (χ1) is 28.9. The average molecular weight is 847 g/mol. The molecule has 1 saturated heterocycles. The van der Waals surface area contributed by atoms with E-state index in [9.17, 15) is 0 Å². The van der Waals surface area contributed by atoms with E-state index in [0.29, 0.717) is 0 Å². The van der Waals surface area contributed by atoms with Gasteiger partial charge in [0.2, 0.25) is 0 Å². The summed E-state index contributed by atoms with van der Waals surface area (Å²) < 4.78 is 32.2. The first kappa shape index (κ1) is 41.7. The summed E-state index contributed by atoms with van der Waals surface area (Å²) in [7, 11) is -6.22. The lowest BCUT2D eigenvalue weighted by atomic mass is 9.96. The molecule has 6 aromatic carbocycles. The summed E-state index contributed by atoms with van der Waals surface area (Å²) >= 11 is 6.08. The molecule has 0 saturated carbocycles. The Balaban J connectivity index is 1.34. The summed E-state index contributed by atoms with van der Waals surface area (Å²) in [4.78, 5) is 4.30. The summed E-state index contributed by atoms with van der Waals surface area (Å²) in [6.07, 6.45) is 2.78. The number of hydrogen-bond donors (Lipinski definition) is 0. The minimum Gasteiger partial charge on any atom is -0.461 e. The largest absolute Gasteiger partial charge is 0.461 e. The predicted molar refractivity (Wildman–Crippen MR) is 253 cm³/mol. The molecule has 1 aromatic heterocycles. The summed E-state index contributed by atoms with van der Waals surface area (Å²) in [6, 6.07) is 57.9. The van der Waals surface area contributed by atoms with Gasteiger partial charge in [-0.05, 0) is 59.4 Å². The average Bonchev–Trinajstić information content (AvgIpc) is 3.92. The molecular formula is C51H54N2O4SSi2. The molecule has 0 unspecified atom stereocenters. The van der Waals surface area contributed by atoms with Crippen LogP contribution in [0.4, 0.5) is 0 Å². The van der Waals surface area contributed by atoms with Gasteiger partial charge in [-0.15, -0.1) is 0 Å². The second-order valence-corrected chi connectivity index (χ2v) is 26.6. The van der Waals surface area contributed by atoms with Gasteiger partial charge in [0.1, 0.15) is 24.6 Å². The lowest BCUT2D eigenvalue weighted by Gasteiger charge is -2.46. The number of fused-ring (bicyclic) bond motifs is 1. The molecule has 1 fully saturated rings. The van der Waals surface area contributed by atoms with Crippen LogP contribution in [0.1, 0.15) is 53.2 Å². The molecule has 4 atom stereocenters. The summed E-state index contributed by atoms with van der Waals surface area (Å²) in [5.41, 5.74) is 1.01. The van der Waals surface area contributed by atoms with Crippen LogP contribution in [0.15, 0.2) is 183 Å². The Bertz CT molecular complexity index is 2410. The van der Waals surface area contributed by atoms with Gasteiger partial charge in [-0.25, -0.2) is 4.98 Å². The van der Waals surface area contributed by atoms with E-state index in [-0.39, 0.29) is 21.9 Å². The number of ether oxygens (including phenoxy) is 2. The zero-order valence-corrected chi connectivity index (χ0v) is 38.1. The third-order valence-corrected chi connectivity index (χ3v) is 22.3. The van der Waals surface area contributed by atoms with Crippen LogP contribution in [-0.4, -0.2) is 56.3 Å². The second-order valence-electron chi connectivity index (χ2n) is 17.7. The number of imidazole rings is 1. The van der Waals surface area contributed by atoms with E-state index in [1.807, 2.05) is 6.20 Å². The highest BCUT2D eigenvalue weighted by Gasteiger charge is 2.59. The molecule has 7 aromatic rings. The van der Waals surface area contributed by atoms with Crippen LogP contribution in [0.2, 0.25) is 10.1 Å². The minimum atomic E-state index is -3.21. The maximum atomic E-state index is 8.15. The molecule has 306 valence electrons. The van der Waals surface area contributed by atoms with Crippen molar-refractivity contribution >= 4 is 65.5 Å². The molecule has 8 rings (SSSR count). The molecule has 1 aliphatic rings. The fourth-order valence-electron chi connectivity index (χ4n) is 9.29. The quantitative estimate of drug-likeness (QED) is 0.0957. The second kappa shape index (κ2) is 17.2. The van der Waals surface area contributed by atoms with Crippen molar-refractivity contribution < 1.29 is 18.3 Å². The molecule has 1 aliphatic heterocycles. The number of aromatic nitrogens is 2. The fourth-order valence-corrected chi connectivity index (χ4v) is 18.8. The first-order valence-corrected chi connectivity index (χ1v) is 25.0. The molecule has 0 amide bonds. The summed E-state index contributed by atoms with van der Waals surface area (Å²) in [5, 5.41) is 6.63. The smallest absolute Gasteiger partial charge is 0.269 e. The molecule has 2 heterocycles. The molecule has 0 aliphatic carbocycles. The van der Waals surface area contributed by atoms with E-state index in [2.05, 4.69) is 210 Å². The van der Waals surface area contributed by atoms with Crippen LogP contribution in [0.25, 0.3) is 10.8 Å². The maximum Gasteiger partial charge on any atom is 0.269 e. The normalized spacial score (nSPS) is 18.7. The summed E-state index contributed by atoms with van der Waals surface area (Å²) in [6.45, 7) is 14.1. The van der Waals surface area contributed by atoms with Gasteiger partial charge >= 0.3 is 0 Å². The van der Waals surface area contributed by atoms with Crippen LogP contribution in [0.3, 0.4) is 0 Å². The third kappa shape index (κ3) is 7.75. The van der Waals surface area contributed by atoms with Gasteiger partial charge in [0.15, 0.2) is 6.10 Å². The van der Waals surface area contributed by atoms with Crippen molar-refractivity contribution in [2.75, 3.05) is 6.61 Å². The SMILES string of the molecule is CC(C)(C)[Si](OC[C@H]1O[C@@H](c2cccc3ccccc23)[C@@H](OC(=S)n2ccnc2)[C@@H]1O[Si](c1ccccc1)(c1ccccc1)C(C)(C)C)(c1ccccc1)c1ccccc1. The Morgan fingerprint density at radius 1 is 0.617 bits per heavy atom. The van der Waals surface area contributed by atoms with E-state index >= 15 is 0 Å². The molecule has 0 radical (unpaired) electrons. The Morgan fingerprint density at radius 3 is 1.60 bits per heavy atom. The van der Waals surface area contributed by atoms with E-state index in [1.165, 1.54) is 20.7 Å². The number of rotatable bonds is 11. The fraction of sp³-hybridized carbons (Fsp3) is 0.255. The topological polar surface area (TPSA) is 54.7 Å².